The quantitative estimate of drug-likeness (QED) is 0.783. The van der Waals surface area contributed by atoms with E-state index in [9.17, 15) is 0 Å². The number of nitrogens with one attached hydrogen (secondary N) is 1. The van der Waals surface area contributed by atoms with Crippen molar-refractivity contribution < 1.29 is 0 Å². The van der Waals surface area contributed by atoms with Crippen molar-refractivity contribution in [2.45, 2.75) is 20.3 Å². The molecule has 0 aliphatic heterocycles. The van der Waals surface area contributed by atoms with E-state index in [2.05, 4.69) is 44.8 Å². The van der Waals surface area contributed by atoms with Crippen LogP contribution in [0.5, 0.6) is 0 Å². The van der Waals surface area contributed by atoms with Gasteiger partial charge in [0, 0.05) is 17.1 Å². The minimum Gasteiger partial charge on any atom is -0.369 e. The van der Waals surface area contributed by atoms with Crippen LogP contribution < -0.4 is 5.32 Å². The van der Waals surface area contributed by atoms with E-state index in [4.69, 9.17) is 11.6 Å². The molecule has 0 bridgehead atoms. The van der Waals surface area contributed by atoms with Crippen molar-refractivity contribution in [3.63, 3.8) is 0 Å². The van der Waals surface area contributed by atoms with Crippen molar-refractivity contribution in [3.8, 4) is 11.4 Å². The molecular weight excluding hydrogens is 373 g/mol. The first kappa shape index (κ1) is 14.5. The lowest BCUT2D eigenvalue weighted by molar-refractivity contribution is 0.958. The Bertz CT molecular complexity index is 587. The highest BCUT2D eigenvalue weighted by Crippen LogP contribution is 2.25. The number of aryl methyl sites for hydroxylation is 1. The zero-order chi connectivity index (χ0) is 13.8. The van der Waals surface area contributed by atoms with Crippen LogP contribution in [0.3, 0.4) is 0 Å². The van der Waals surface area contributed by atoms with Crippen LogP contribution in [0.4, 0.5) is 5.82 Å². The summed E-state index contributed by atoms with van der Waals surface area (Å²) in [5, 5.41) is 4.03. The molecule has 2 aromatic rings. The standard InChI is InChI=1S/C14H15ClIN3/c1-3-7-17-14-12(16)9(2)18-13(19-14)10-5-4-6-11(15)8-10/h4-6,8H,3,7H2,1-2H3,(H,17,18,19). The molecule has 0 fully saturated rings. The predicted octanol–water partition coefficient (Wildman–Crippen LogP) is 4.53. The highest BCUT2D eigenvalue weighted by Gasteiger charge is 2.10. The van der Waals surface area contributed by atoms with Gasteiger partial charge in [0.2, 0.25) is 0 Å². The fourth-order valence-electron chi connectivity index (χ4n) is 1.68. The van der Waals surface area contributed by atoms with Gasteiger partial charge in [0.1, 0.15) is 5.82 Å². The Balaban J connectivity index is 2.44. The lowest BCUT2D eigenvalue weighted by Crippen LogP contribution is -2.07. The SMILES string of the molecule is CCCNc1nc(-c2cccc(Cl)c2)nc(C)c1I. The second-order valence-corrected chi connectivity index (χ2v) is 5.75. The topological polar surface area (TPSA) is 37.8 Å². The Morgan fingerprint density at radius 3 is 2.79 bits per heavy atom. The first-order valence-corrected chi connectivity index (χ1v) is 7.61. The van der Waals surface area contributed by atoms with E-state index in [1.165, 1.54) is 0 Å². The van der Waals surface area contributed by atoms with Crippen molar-refractivity contribution in [3.05, 3.63) is 38.6 Å². The molecule has 1 heterocycles. The summed E-state index contributed by atoms with van der Waals surface area (Å²) in [4.78, 5) is 9.13. The molecule has 100 valence electrons. The third kappa shape index (κ3) is 3.57. The normalized spacial score (nSPS) is 10.5. The number of rotatable bonds is 4. The highest BCUT2D eigenvalue weighted by atomic mass is 127. The van der Waals surface area contributed by atoms with Gasteiger partial charge in [-0.3, -0.25) is 0 Å². The van der Waals surface area contributed by atoms with Gasteiger partial charge >= 0.3 is 0 Å². The molecule has 0 spiro atoms. The molecule has 0 saturated heterocycles. The van der Waals surface area contributed by atoms with E-state index in [0.29, 0.717) is 10.8 Å². The van der Waals surface area contributed by atoms with Gasteiger partial charge < -0.3 is 5.32 Å². The largest absolute Gasteiger partial charge is 0.369 e. The number of hydrogen-bond acceptors (Lipinski definition) is 3. The lowest BCUT2D eigenvalue weighted by Gasteiger charge is -2.11. The number of halogens is 2. The third-order valence-corrected chi connectivity index (χ3v) is 4.17. The summed E-state index contributed by atoms with van der Waals surface area (Å²) in [6.45, 7) is 5.03. The van der Waals surface area contributed by atoms with Crippen molar-refractivity contribution in [1.82, 2.24) is 9.97 Å². The van der Waals surface area contributed by atoms with Gasteiger partial charge in [-0.2, -0.15) is 0 Å². The monoisotopic (exact) mass is 387 g/mol. The van der Waals surface area contributed by atoms with Crippen molar-refractivity contribution in [1.29, 1.82) is 0 Å². The maximum absolute atomic E-state index is 6.02. The van der Waals surface area contributed by atoms with Gasteiger partial charge in [-0.1, -0.05) is 30.7 Å². The van der Waals surface area contributed by atoms with Crippen molar-refractivity contribution in [2.75, 3.05) is 11.9 Å². The van der Waals surface area contributed by atoms with Crippen LogP contribution >= 0.6 is 34.2 Å². The Labute approximate surface area is 132 Å². The summed E-state index contributed by atoms with van der Waals surface area (Å²) in [6.07, 6.45) is 1.06. The predicted molar refractivity (Wildman–Crippen MR) is 88.7 cm³/mol. The van der Waals surface area contributed by atoms with Gasteiger partial charge in [-0.15, -0.1) is 0 Å². The molecule has 0 amide bonds. The Hall–Kier alpha value is -0.880. The van der Waals surface area contributed by atoms with E-state index in [0.717, 1.165) is 33.6 Å². The molecule has 0 unspecified atom stereocenters. The second kappa shape index (κ2) is 6.52. The zero-order valence-corrected chi connectivity index (χ0v) is 13.8. The average molecular weight is 388 g/mol. The molecule has 0 aliphatic carbocycles. The van der Waals surface area contributed by atoms with Gasteiger partial charge in [0.25, 0.3) is 0 Å². The van der Waals surface area contributed by atoms with E-state index in [1.807, 2.05) is 31.2 Å². The smallest absolute Gasteiger partial charge is 0.161 e. The number of anilines is 1. The maximum atomic E-state index is 6.02. The molecule has 0 radical (unpaired) electrons. The highest BCUT2D eigenvalue weighted by molar-refractivity contribution is 14.1. The summed E-state index contributed by atoms with van der Waals surface area (Å²) in [6, 6.07) is 7.61. The van der Waals surface area contributed by atoms with Gasteiger partial charge in [0.05, 0.1) is 9.26 Å². The maximum Gasteiger partial charge on any atom is 0.161 e. The first-order valence-electron chi connectivity index (χ1n) is 6.15. The first-order chi connectivity index (χ1) is 9.11. The third-order valence-electron chi connectivity index (χ3n) is 2.64. The molecule has 1 aromatic heterocycles. The second-order valence-electron chi connectivity index (χ2n) is 4.23. The van der Waals surface area contributed by atoms with Crippen LogP contribution in [0.25, 0.3) is 11.4 Å². The summed E-state index contributed by atoms with van der Waals surface area (Å²) < 4.78 is 1.07. The number of nitrogens with zero attached hydrogens (tertiary/aromatic N) is 2. The molecule has 5 heteroatoms. The van der Waals surface area contributed by atoms with Crippen LogP contribution in [0, 0.1) is 10.5 Å². The fourth-order valence-corrected chi connectivity index (χ4v) is 2.30. The van der Waals surface area contributed by atoms with Gasteiger partial charge in [0.15, 0.2) is 5.82 Å². The Kier molecular flexibility index (Phi) is 4.99. The molecular formula is C14H15ClIN3. The summed E-state index contributed by atoms with van der Waals surface area (Å²) >= 11 is 8.29. The minimum absolute atomic E-state index is 0.695. The summed E-state index contributed by atoms with van der Waals surface area (Å²) in [5.74, 6) is 1.60. The summed E-state index contributed by atoms with van der Waals surface area (Å²) in [7, 11) is 0. The van der Waals surface area contributed by atoms with Crippen LogP contribution in [-0.2, 0) is 0 Å². The molecule has 1 aromatic carbocycles. The zero-order valence-electron chi connectivity index (χ0n) is 10.9. The molecule has 1 N–H and O–H groups in total. The van der Waals surface area contributed by atoms with Crippen LogP contribution in [-0.4, -0.2) is 16.5 Å². The van der Waals surface area contributed by atoms with E-state index in [1.54, 1.807) is 0 Å². The summed E-state index contributed by atoms with van der Waals surface area (Å²) in [5.41, 5.74) is 1.91. The number of hydrogen-bond donors (Lipinski definition) is 1. The van der Waals surface area contributed by atoms with Crippen LogP contribution in [0.2, 0.25) is 5.02 Å². The Morgan fingerprint density at radius 2 is 2.11 bits per heavy atom. The molecule has 0 aliphatic rings. The Morgan fingerprint density at radius 1 is 1.32 bits per heavy atom. The average Bonchev–Trinajstić information content (AvgIpc) is 2.40. The van der Waals surface area contributed by atoms with E-state index < -0.39 is 0 Å². The van der Waals surface area contributed by atoms with Crippen LogP contribution in [0.1, 0.15) is 19.0 Å². The number of benzene rings is 1. The molecule has 19 heavy (non-hydrogen) atoms. The minimum atomic E-state index is 0.695. The van der Waals surface area contributed by atoms with Crippen molar-refractivity contribution >= 4 is 40.0 Å². The van der Waals surface area contributed by atoms with Gasteiger partial charge in [-0.25, -0.2) is 9.97 Å². The molecule has 2 rings (SSSR count). The van der Waals surface area contributed by atoms with E-state index in [-0.39, 0.29) is 0 Å². The van der Waals surface area contributed by atoms with Gasteiger partial charge in [-0.05, 0) is 48.1 Å². The molecule has 0 saturated carbocycles. The molecule has 0 atom stereocenters. The van der Waals surface area contributed by atoms with E-state index >= 15 is 0 Å². The van der Waals surface area contributed by atoms with Crippen LogP contribution in [0.15, 0.2) is 24.3 Å². The fraction of sp³-hybridized carbons (Fsp3) is 0.286. The number of aromatic nitrogens is 2. The molecule has 3 nitrogen and oxygen atoms in total. The lowest BCUT2D eigenvalue weighted by atomic mass is 10.2. The van der Waals surface area contributed by atoms with Crippen molar-refractivity contribution in [2.24, 2.45) is 0 Å².